The standard InChI is InChI=1S/C21H21BrN4O4S/c1-3-29-17-9-14(10-23-26-21-25-19(28)12-31-21)8-15(22)20(17)30-11-18(27)24-16-7-5-4-6-13(16)2/h4-10H,3,11-12H2,1-2H3,(H,24,27)(H,25,26,28). The van der Waals surface area contributed by atoms with Crippen molar-refractivity contribution in [2.75, 3.05) is 24.3 Å². The van der Waals surface area contributed by atoms with Gasteiger partial charge in [0, 0.05) is 5.69 Å². The van der Waals surface area contributed by atoms with Crippen molar-refractivity contribution in [1.29, 1.82) is 0 Å². The Bertz CT molecular complexity index is 1040. The summed E-state index contributed by atoms with van der Waals surface area (Å²) >= 11 is 4.76. The lowest BCUT2D eigenvalue weighted by Crippen LogP contribution is -2.21. The summed E-state index contributed by atoms with van der Waals surface area (Å²) in [5.74, 6) is 0.870. The Kier molecular flexibility index (Phi) is 8.07. The van der Waals surface area contributed by atoms with Gasteiger partial charge in [-0.3, -0.25) is 9.59 Å². The first-order valence-electron chi connectivity index (χ1n) is 9.44. The summed E-state index contributed by atoms with van der Waals surface area (Å²) in [6.45, 7) is 4.02. The predicted octanol–water partition coefficient (Wildman–Crippen LogP) is 3.73. The summed E-state index contributed by atoms with van der Waals surface area (Å²) in [6.07, 6.45) is 1.54. The van der Waals surface area contributed by atoms with E-state index in [1.807, 2.05) is 38.1 Å². The Labute approximate surface area is 192 Å². The molecule has 0 radical (unpaired) electrons. The van der Waals surface area contributed by atoms with E-state index in [2.05, 4.69) is 36.8 Å². The number of hydrogen-bond acceptors (Lipinski definition) is 7. The fourth-order valence-electron chi connectivity index (χ4n) is 2.63. The van der Waals surface area contributed by atoms with Crippen LogP contribution < -0.4 is 20.1 Å². The predicted molar refractivity (Wildman–Crippen MR) is 126 cm³/mol. The summed E-state index contributed by atoms with van der Waals surface area (Å²) in [7, 11) is 0. The molecule has 0 atom stereocenters. The Morgan fingerprint density at radius 2 is 2.13 bits per heavy atom. The zero-order valence-electron chi connectivity index (χ0n) is 17.0. The van der Waals surface area contributed by atoms with Crippen LogP contribution in [0.3, 0.4) is 0 Å². The highest BCUT2D eigenvalue weighted by atomic mass is 79.9. The molecule has 1 aliphatic heterocycles. The van der Waals surface area contributed by atoms with E-state index in [0.29, 0.717) is 39.1 Å². The number of ether oxygens (including phenoxy) is 2. The number of carbonyl (C=O) groups is 2. The molecule has 2 N–H and O–H groups in total. The molecule has 0 aromatic heterocycles. The maximum Gasteiger partial charge on any atom is 0.262 e. The number of amides is 2. The van der Waals surface area contributed by atoms with Crippen LogP contribution in [0.5, 0.6) is 11.5 Å². The molecule has 10 heteroatoms. The second-order valence-electron chi connectivity index (χ2n) is 6.40. The second kappa shape index (κ2) is 11.0. The number of nitrogens with one attached hydrogen (secondary N) is 2. The lowest BCUT2D eigenvalue weighted by atomic mass is 10.2. The van der Waals surface area contributed by atoms with Gasteiger partial charge in [0.1, 0.15) is 0 Å². The summed E-state index contributed by atoms with van der Waals surface area (Å²) in [5.41, 5.74) is 2.42. The smallest absolute Gasteiger partial charge is 0.262 e. The number of para-hydroxylation sites is 1. The molecule has 1 fully saturated rings. The van der Waals surface area contributed by atoms with Gasteiger partial charge >= 0.3 is 0 Å². The minimum atomic E-state index is -0.277. The van der Waals surface area contributed by atoms with Gasteiger partial charge in [0.15, 0.2) is 23.3 Å². The van der Waals surface area contributed by atoms with Crippen molar-refractivity contribution in [2.24, 2.45) is 10.2 Å². The molecule has 162 valence electrons. The van der Waals surface area contributed by atoms with Crippen LogP contribution >= 0.6 is 27.7 Å². The van der Waals surface area contributed by atoms with Gasteiger partial charge in [0.25, 0.3) is 5.91 Å². The number of halogens is 1. The lowest BCUT2D eigenvalue weighted by Gasteiger charge is -2.15. The van der Waals surface area contributed by atoms with E-state index in [0.717, 1.165) is 11.3 Å². The molecule has 8 nitrogen and oxygen atoms in total. The molecular weight excluding hydrogens is 484 g/mol. The topological polar surface area (TPSA) is 101 Å². The van der Waals surface area contributed by atoms with Gasteiger partial charge in [-0.1, -0.05) is 30.0 Å². The number of amidine groups is 1. The Morgan fingerprint density at radius 3 is 2.84 bits per heavy atom. The maximum atomic E-state index is 12.3. The minimum Gasteiger partial charge on any atom is -0.490 e. The second-order valence-corrected chi connectivity index (χ2v) is 8.22. The first-order valence-corrected chi connectivity index (χ1v) is 11.2. The zero-order chi connectivity index (χ0) is 22.2. The van der Waals surface area contributed by atoms with Crippen molar-refractivity contribution in [3.8, 4) is 11.5 Å². The number of hydrogen-bond donors (Lipinski definition) is 2. The SMILES string of the molecule is CCOc1cc(C=NN=C2NC(=O)CS2)cc(Br)c1OCC(=O)Nc1ccccc1C. The van der Waals surface area contributed by atoms with Crippen LogP contribution in [-0.2, 0) is 9.59 Å². The Morgan fingerprint density at radius 1 is 1.32 bits per heavy atom. The van der Waals surface area contributed by atoms with E-state index in [4.69, 9.17) is 9.47 Å². The van der Waals surface area contributed by atoms with E-state index < -0.39 is 0 Å². The fraction of sp³-hybridized carbons (Fsp3) is 0.238. The highest BCUT2D eigenvalue weighted by molar-refractivity contribution is 9.10. The molecule has 0 unspecified atom stereocenters. The Balaban J connectivity index is 1.69. The number of aryl methyl sites for hydroxylation is 1. The highest BCUT2D eigenvalue weighted by Gasteiger charge is 2.16. The maximum absolute atomic E-state index is 12.3. The molecule has 0 bridgehead atoms. The van der Waals surface area contributed by atoms with Crippen LogP contribution in [0.1, 0.15) is 18.1 Å². The van der Waals surface area contributed by atoms with E-state index in [1.165, 1.54) is 11.8 Å². The normalized spacial score (nSPS) is 14.7. The largest absolute Gasteiger partial charge is 0.490 e. The first kappa shape index (κ1) is 22.8. The van der Waals surface area contributed by atoms with E-state index in [9.17, 15) is 9.59 Å². The van der Waals surface area contributed by atoms with Crippen LogP contribution in [0.2, 0.25) is 0 Å². The van der Waals surface area contributed by atoms with Crippen molar-refractivity contribution in [1.82, 2.24) is 5.32 Å². The van der Waals surface area contributed by atoms with Gasteiger partial charge in [-0.25, -0.2) is 0 Å². The molecule has 0 spiro atoms. The number of anilines is 1. The summed E-state index contributed by atoms with van der Waals surface area (Å²) in [4.78, 5) is 23.5. The molecule has 1 aliphatic rings. The molecule has 0 saturated carbocycles. The van der Waals surface area contributed by atoms with Crippen molar-refractivity contribution in [3.63, 3.8) is 0 Å². The molecule has 0 aliphatic carbocycles. The van der Waals surface area contributed by atoms with Crippen LogP contribution in [-0.4, -0.2) is 42.2 Å². The molecule has 2 amide bonds. The molecule has 31 heavy (non-hydrogen) atoms. The average Bonchev–Trinajstić information content (AvgIpc) is 3.14. The number of thioether (sulfide) groups is 1. The molecule has 3 rings (SSSR count). The van der Waals surface area contributed by atoms with Crippen LogP contribution in [0, 0.1) is 6.92 Å². The summed E-state index contributed by atoms with van der Waals surface area (Å²) in [6, 6.07) is 11.0. The van der Waals surface area contributed by atoms with Gasteiger partial charge in [-0.05, 0) is 59.1 Å². The van der Waals surface area contributed by atoms with E-state index >= 15 is 0 Å². The fourth-order valence-corrected chi connectivity index (χ4v) is 3.83. The van der Waals surface area contributed by atoms with Gasteiger partial charge in [-0.2, -0.15) is 5.10 Å². The summed E-state index contributed by atoms with van der Waals surface area (Å²) in [5, 5.41) is 13.9. The third-order valence-electron chi connectivity index (χ3n) is 4.04. The monoisotopic (exact) mass is 504 g/mol. The number of rotatable bonds is 8. The van der Waals surface area contributed by atoms with Gasteiger partial charge in [0.2, 0.25) is 5.91 Å². The van der Waals surface area contributed by atoms with Gasteiger partial charge in [0.05, 0.1) is 23.0 Å². The van der Waals surface area contributed by atoms with Gasteiger partial charge in [-0.15, -0.1) is 5.10 Å². The van der Waals surface area contributed by atoms with Crippen molar-refractivity contribution < 1.29 is 19.1 Å². The van der Waals surface area contributed by atoms with Crippen LogP contribution in [0.25, 0.3) is 0 Å². The van der Waals surface area contributed by atoms with E-state index in [-0.39, 0.29) is 18.4 Å². The summed E-state index contributed by atoms with van der Waals surface area (Å²) < 4.78 is 12.0. The van der Waals surface area contributed by atoms with Crippen molar-refractivity contribution >= 4 is 56.6 Å². The molecular formula is C21H21BrN4O4S. The minimum absolute atomic E-state index is 0.0895. The highest BCUT2D eigenvalue weighted by Crippen LogP contribution is 2.36. The quantitative estimate of drug-likeness (QED) is 0.421. The van der Waals surface area contributed by atoms with Gasteiger partial charge < -0.3 is 20.1 Å². The molecule has 1 heterocycles. The molecule has 1 saturated heterocycles. The van der Waals surface area contributed by atoms with Crippen LogP contribution in [0.15, 0.2) is 51.1 Å². The zero-order valence-corrected chi connectivity index (χ0v) is 19.4. The van der Waals surface area contributed by atoms with Crippen LogP contribution in [0.4, 0.5) is 5.69 Å². The van der Waals surface area contributed by atoms with Crippen molar-refractivity contribution in [2.45, 2.75) is 13.8 Å². The number of carbonyl (C=O) groups excluding carboxylic acids is 2. The third-order valence-corrected chi connectivity index (χ3v) is 5.49. The van der Waals surface area contributed by atoms with E-state index in [1.54, 1.807) is 18.3 Å². The molecule has 2 aromatic rings. The van der Waals surface area contributed by atoms with Crippen molar-refractivity contribution in [3.05, 3.63) is 52.0 Å². The Hall–Kier alpha value is -2.85. The first-order chi connectivity index (χ1) is 15.0. The molecule has 2 aromatic carbocycles. The third kappa shape index (κ3) is 6.56. The number of benzene rings is 2. The average molecular weight is 505 g/mol. The number of nitrogens with zero attached hydrogens (tertiary/aromatic N) is 2. The lowest BCUT2D eigenvalue weighted by molar-refractivity contribution is -0.118.